The number of aromatic nitrogens is 1. The van der Waals surface area contributed by atoms with Crippen LogP contribution < -0.4 is 4.90 Å². The van der Waals surface area contributed by atoms with Crippen molar-refractivity contribution in [2.45, 2.75) is 65.2 Å². The first-order valence-corrected chi connectivity index (χ1v) is 16.0. The quantitative estimate of drug-likeness (QED) is 0.198. The molecule has 1 heterocycles. The van der Waals surface area contributed by atoms with Crippen LogP contribution in [-0.2, 0) is 10.0 Å². The first-order valence-electron chi connectivity index (χ1n) is 13.8. The van der Waals surface area contributed by atoms with E-state index >= 15 is 0 Å². The number of carbonyl (C=O) groups excluding carboxylic acids is 1. The van der Waals surface area contributed by atoms with Crippen LogP contribution in [0.4, 0.5) is 5.13 Å². The van der Waals surface area contributed by atoms with Crippen LogP contribution in [0.25, 0.3) is 10.2 Å². The Hall–Kier alpha value is -2.04. The number of carbonyl (C=O) groups is 1. The molecule has 0 unspecified atom stereocenters. The summed E-state index contributed by atoms with van der Waals surface area (Å²) in [5, 5.41) is 0.657. The number of hydrogen-bond donors (Lipinski definition) is 0. The molecule has 0 fully saturated rings. The lowest BCUT2D eigenvalue weighted by molar-refractivity contribution is 0.0983. The fourth-order valence-corrected chi connectivity index (χ4v) is 6.90. The summed E-state index contributed by atoms with van der Waals surface area (Å²) in [5.41, 5.74) is 2.47. The third kappa shape index (κ3) is 8.47. The van der Waals surface area contributed by atoms with E-state index in [1.807, 2.05) is 19.1 Å². The number of likely N-dealkylation sites (N-methyl/N-ethyl adjacent to an activating group) is 1. The molecule has 0 saturated carbocycles. The van der Waals surface area contributed by atoms with Crippen LogP contribution in [0.5, 0.6) is 0 Å². The van der Waals surface area contributed by atoms with E-state index in [1.54, 1.807) is 33.5 Å². The summed E-state index contributed by atoms with van der Waals surface area (Å²) in [6.45, 7) is 14.4. The molecule has 3 rings (SSSR count). The van der Waals surface area contributed by atoms with E-state index in [-0.39, 0.29) is 23.2 Å². The van der Waals surface area contributed by atoms with Crippen LogP contribution in [0.3, 0.4) is 0 Å². The Balaban J connectivity index is 0.00000533. The van der Waals surface area contributed by atoms with Gasteiger partial charge in [-0.15, -0.1) is 12.4 Å². The highest BCUT2D eigenvalue weighted by Gasteiger charge is 2.26. The molecular formula is C29H43ClN4O3S2. The van der Waals surface area contributed by atoms with Gasteiger partial charge in [-0.25, -0.2) is 13.4 Å². The number of aryl methyl sites for hydroxylation is 1. The molecule has 0 radical (unpaired) electrons. The minimum Gasteiger partial charge on any atom is -0.302 e. The van der Waals surface area contributed by atoms with Crippen molar-refractivity contribution in [2.24, 2.45) is 0 Å². The highest BCUT2D eigenvalue weighted by atomic mass is 35.5. The molecule has 0 aliphatic heterocycles. The molecular weight excluding hydrogens is 552 g/mol. The molecule has 0 bridgehead atoms. The van der Waals surface area contributed by atoms with Gasteiger partial charge in [-0.3, -0.25) is 9.69 Å². The number of thiazole rings is 1. The van der Waals surface area contributed by atoms with Gasteiger partial charge in [-0.2, -0.15) is 4.31 Å². The van der Waals surface area contributed by atoms with Gasteiger partial charge in [0, 0.05) is 31.7 Å². The molecule has 216 valence electrons. The summed E-state index contributed by atoms with van der Waals surface area (Å²) < 4.78 is 29.4. The zero-order valence-electron chi connectivity index (χ0n) is 23.9. The van der Waals surface area contributed by atoms with Crippen molar-refractivity contribution in [2.75, 3.05) is 44.2 Å². The molecule has 0 aliphatic carbocycles. The maximum Gasteiger partial charge on any atom is 0.260 e. The number of anilines is 1. The number of hydrogen-bond acceptors (Lipinski definition) is 6. The van der Waals surface area contributed by atoms with Crippen molar-refractivity contribution in [3.8, 4) is 0 Å². The molecule has 1 amide bonds. The number of fused-ring (bicyclic) bond motifs is 1. The van der Waals surface area contributed by atoms with E-state index in [0.29, 0.717) is 30.3 Å². The van der Waals surface area contributed by atoms with Gasteiger partial charge in [-0.1, -0.05) is 57.9 Å². The number of rotatable bonds is 15. The Morgan fingerprint density at radius 1 is 0.872 bits per heavy atom. The Kier molecular flexibility index (Phi) is 13.3. The average molecular weight is 595 g/mol. The zero-order valence-corrected chi connectivity index (χ0v) is 26.3. The van der Waals surface area contributed by atoms with E-state index in [4.69, 9.17) is 4.98 Å². The second-order valence-electron chi connectivity index (χ2n) is 9.59. The highest BCUT2D eigenvalue weighted by Crippen LogP contribution is 2.30. The van der Waals surface area contributed by atoms with Crippen molar-refractivity contribution in [3.05, 3.63) is 53.6 Å². The molecule has 0 aliphatic rings. The number of nitrogens with zero attached hydrogens (tertiary/aromatic N) is 4. The largest absolute Gasteiger partial charge is 0.302 e. The highest BCUT2D eigenvalue weighted by molar-refractivity contribution is 7.89. The molecule has 0 spiro atoms. The molecule has 3 aromatic rings. The third-order valence-corrected chi connectivity index (χ3v) is 9.76. The number of halogens is 1. The Morgan fingerprint density at radius 2 is 1.49 bits per heavy atom. The molecule has 0 atom stereocenters. The fourth-order valence-electron chi connectivity index (χ4n) is 4.30. The van der Waals surface area contributed by atoms with Crippen molar-refractivity contribution in [1.82, 2.24) is 14.2 Å². The van der Waals surface area contributed by atoms with Crippen molar-refractivity contribution in [1.29, 1.82) is 0 Å². The Morgan fingerprint density at radius 3 is 2.05 bits per heavy atom. The summed E-state index contributed by atoms with van der Waals surface area (Å²) in [5.74, 6) is -0.175. The molecule has 10 heteroatoms. The molecule has 1 aromatic heterocycles. The topological polar surface area (TPSA) is 73.8 Å². The lowest BCUT2D eigenvalue weighted by Gasteiger charge is -2.25. The van der Waals surface area contributed by atoms with Crippen LogP contribution in [0.2, 0.25) is 0 Å². The minimum absolute atomic E-state index is 0. The molecule has 7 nitrogen and oxygen atoms in total. The maximum absolute atomic E-state index is 13.8. The molecule has 39 heavy (non-hydrogen) atoms. The van der Waals surface area contributed by atoms with Gasteiger partial charge in [0.2, 0.25) is 10.0 Å². The molecule has 2 aromatic carbocycles. The van der Waals surface area contributed by atoms with E-state index in [0.717, 1.165) is 61.1 Å². The van der Waals surface area contributed by atoms with E-state index in [2.05, 4.69) is 38.7 Å². The SMILES string of the molecule is CCCCN(CCCC)S(=O)(=O)c1ccc(C(=O)N(CCN(CC)CC)c2nc3ccc(C)cc3s2)cc1.Cl. The first-order chi connectivity index (χ1) is 18.2. The standard InChI is InChI=1S/C29H42N4O3S2.ClH/c1-6-10-18-32(19-11-7-2)38(35,36)25-15-13-24(14-16-25)28(34)33(21-20-31(8-3)9-4)29-30-26-17-12-23(5)22-27(26)37-29;/h12-17,22H,6-11,18-21H2,1-5H3;1H. The van der Waals surface area contributed by atoms with Crippen LogP contribution in [0, 0.1) is 6.92 Å². The van der Waals surface area contributed by atoms with Gasteiger partial charge in [0.15, 0.2) is 5.13 Å². The van der Waals surface area contributed by atoms with Crippen molar-refractivity contribution >= 4 is 55.0 Å². The fraction of sp³-hybridized carbons (Fsp3) is 0.517. The van der Waals surface area contributed by atoms with E-state index in [1.165, 1.54) is 11.3 Å². The third-order valence-electron chi connectivity index (χ3n) is 6.80. The van der Waals surface area contributed by atoms with Crippen molar-refractivity contribution < 1.29 is 13.2 Å². The minimum atomic E-state index is -3.62. The lowest BCUT2D eigenvalue weighted by Crippen LogP contribution is -2.39. The smallest absolute Gasteiger partial charge is 0.260 e. The molecule has 0 saturated heterocycles. The van der Waals surface area contributed by atoms with Crippen LogP contribution in [0.1, 0.15) is 69.3 Å². The lowest BCUT2D eigenvalue weighted by atomic mass is 10.2. The normalized spacial score (nSPS) is 11.8. The van der Waals surface area contributed by atoms with Crippen LogP contribution >= 0.6 is 23.7 Å². The summed E-state index contributed by atoms with van der Waals surface area (Å²) in [6, 6.07) is 12.5. The number of sulfonamides is 1. The van der Waals surface area contributed by atoms with E-state index < -0.39 is 10.0 Å². The summed E-state index contributed by atoms with van der Waals surface area (Å²) >= 11 is 1.51. The van der Waals surface area contributed by atoms with Gasteiger partial charge < -0.3 is 4.90 Å². The predicted octanol–water partition coefficient (Wildman–Crippen LogP) is 6.61. The van der Waals surface area contributed by atoms with Crippen LogP contribution in [-0.4, -0.2) is 67.8 Å². The molecule has 0 N–H and O–H groups in total. The van der Waals surface area contributed by atoms with Gasteiger partial charge in [0.25, 0.3) is 5.91 Å². The van der Waals surface area contributed by atoms with Crippen molar-refractivity contribution in [3.63, 3.8) is 0 Å². The maximum atomic E-state index is 13.8. The average Bonchev–Trinajstić information content (AvgIpc) is 3.33. The number of benzene rings is 2. The second-order valence-corrected chi connectivity index (χ2v) is 12.5. The number of amides is 1. The van der Waals surface area contributed by atoms with Gasteiger partial charge in [-0.05, 0) is 74.8 Å². The monoisotopic (exact) mass is 594 g/mol. The first kappa shape index (κ1) is 33.2. The van der Waals surface area contributed by atoms with Gasteiger partial charge in [0.1, 0.15) is 0 Å². The Labute approximate surface area is 244 Å². The zero-order chi connectivity index (χ0) is 27.7. The summed E-state index contributed by atoms with van der Waals surface area (Å²) in [4.78, 5) is 22.8. The van der Waals surface area contributed by atoms with Gasteiger partial charge >= 0.3 is 0 Å². The second kappa shape index (κ2) is 15.7. The van der Waals surface area contributed by atoms with E-state index in [9.17, 15) is 13.2 Å². The summed E-state index contributed by atoms with van der Waals surface area (Å²) in [6.07, 6.45) is 3.51. The Bertz CT molecular complexity index is 1280. The van der Waals surface area contributed by atoms with Gasteiger partial charge in [0.05, 0.1) is 15.1 Å². The van der Waals surface area contributed by atoms with Crippen LogP contribution in [0.15, 0.2) is 47.4 Å². The summed E-state index contributed by atoms with van der Waals surface area (Å²) in [7, 11) is -3.62. The predicted molar refractivity (Wildman–Crippen MR) is 166 cm³/mol. The number of unbranched alkanes of at least 4 members (excludes halogenated alkanes) is 2.